The normalized spacial score (nSPS) is 11.6. The Labute approximate surface area is 237 Å². The number of pyridine rings is 1. The number of sulfonamides is 1. The summed E-state index contributed by atoms with van der Waals surface area (Å²) in [5, 5.41) is 3.13. The van der Waals surface area contributed by atoms with E-state index in [0.717, 1.165) is 6.20 Å². The van der Waals surface area contributed by atoms with Gasteiger partial charge in [-0.2, -0.15) is 0 Å². The maximum absolute atomic E-state index is 12.9. The van der Waals surface area contributed by atoms with E-state index < -0.39 is 27.8 Å². The van der Waals surface area contributed by atoms with Gasteiger partial charge >= 0.3 is 5.97 Å². The number of benzene rings is 2. The van der Waals surface area contributed by atoms with Crippen molar-refractivity contribution in [2.75, 3.05) is 20.3 Å². The van der Waals surface area contributed by atoms with Crippen molar-refractivity contribution in [2.45, 2.75) is 18.2 Å². The van der Waals surface area contributed by atoms with Crippen molar-refractivity contribution in [1.29, 1.82) is 0 Å². The molecule has 1 unspecified atom stereocenters. The van der Waals surface area contributed by atoms with E-state index in [-0.39, 0.29) is 40.8 Å². The van der Waals surface area contributed by atoms with Gasteiger partial charge in [-0.15, -0.1) is 12.3 Å². The van der Waals surface area contributed by atoms with E-state index in [9.17, 15) is 22.8 Å². The average molecular weight is 584 g/mol. The molecule has 0 spiro atoms. The topological polar surface area (TPSA) is 141 Å². The van der Waals surface area contributed by atoms with E-state index in [1.165, 1.54) is 43.5 Å². The molecule has 2 aromatic carbocycles. The van der Waals surface area contributed by atoms with Crippen molar-refractivity contribution in [3.8, 4) is 18.1 Å². The predicted molar refractivity (Wildman–Crippen MR) is 148 cm³/mol. The maximum atomic E-state index is 12.9. The quantitative estimate of drug-likeness (QED) is 0.259. The molecule has 2 N–H and O–H groups in total. The lowest BCUT2D eigenvalue weighted by atomic mass is 10.1. The number of terminal acetylenes is 1. The van der Waals surface area contributed by atoms with Crippen LogP contribution in [0.5, 0.6) is 5.75 Å². The van der Waals surface area contributed by atoms with Gasteiger partial charge in [0, 0.05) is 17.8 Å². The fraction of sp³-hybridized carbons (Fsp3) is 0.214. The smallest absolute Gasteiger partial charge is 0.356 e. The lowest BCUT2D eigenvalue weighted by Gasteiger charge is -2.11. The molecule has 3 rings (SSSR count). The molecular formula is C28H26ClN3O7S. The van der Waals surface area contributed by atoms with Crippen LogP contribution < -0.4 is 14.8 Å². The Balaban J connectivity index is 1.60. The number of hydrogen-bond acceptors (Lipinski definition) is 8. The van der Waals surface area contributed by atoms with E-state index in [1.807, 2.05) is 4.72 Å². The molecule has 1 atom stereocenters. The van der Waals surface area contributed by atoms with E-state index in [0.29, 0.717) is 22.8 Å². The summed E-state index contributed by atoms with van der Waals surface area (Å²) >= 11 is 5.98. The molecule has 2 amide bonds. The average Bonchev–Trinajstić information content (AvgIpc) is 2.95. The molecule has 208 valence electrons. The van der Waals surface area contributed by atoms with Crippen molar-refractivity contribution in [2.24, 2.45) is 5.92 Å². The van der Waals surface area contributed by atoms with Crippen molar-refractivity contribution < 1.29 is 32.3 Å². The zero-order chi connectivity index (χ0) is 29.3. The minimum atomic E-state index is -4.23. The van der Waals surface area contributed by atoms with Crippen molar-refractivity contribution in [3.63, 3.8) is 0 Å². The highest BCUT2D eigenvalue weighted by molar-refractivity contribution is 7.90. The number of amides is 2. The van der Waals surface area contributed by atoms with E-state index >= 15 is 0 Å². The molecule has 0 radical (unpaired) electrons. The number of carbonyl (C=O) groups is 3. The fourth-order valence-electron chi connectivity index (χ4n) is 3.35. The third-order valence-electron chi connectivity index (χ3n) is 5.52. The number of hydrogen-bond donors (Lipinski definition) is 2. The third kappa shape index (κ3) is 8.05. The number of aromatic nitrogens is 1. The predicted octanol–water partition coefficient (Wildman–Crippen LogP) is 3.26. The van der Waals surface area contributed by atoms with Crippen LogP contribution in [0.4, 0.5) is 0 Å². The molecular weight excluding hydrogens is 558 g/mol. The van der Waals surface area contributed by atoms with Crippen LogP contribution >= 0.6 is 11.6 Å². The zero-order valence-electron chi connectivity index (χ0n) is 21.6. The SMILES string of the molecule is C#CC(C)COC(=O)c1ccc(C(=O)NS(=O)(=O)c2cccc(CCNC(=O)c3cc(Cl)ccc3OC)c2)cn1. The van der Waals surface area contributed by atoms with Crippen molar-refractivity contribution in [1.82, 2.24) is 15.0 Å². The molecule has 12 heteroatoms. The summed E-state index contributed by atoms with van der Waals surface area (Å²) in [6.07, 6.45) is 6.63. The molecule has 10 nitrogen and oxygen atoms in total. The first-order valence-corrected chi connectivity index (χ1v) is 13.8. The molecule has 1 aromatic heterocycles. The Kier molecular flexibility index (Phi) is 10.2. The van der Waals surface area contributed by atoms with Gasteiger partial charge in [-0.05, 0) is 61.4 Å². The Bertz CT molecular complexity index is 1550. The summed E-state index contributed by atoms with van der Waals surface area (Å²) in [6, 6.07) is 13.1. The van der Waals surface area contributed by atoms with Gasteiger partial charge in [0.05, 0.1) is 29.1 Å². The van der Waals surface area contributed by atoms with Crippen LogP contribution in [-0.4, -0.2) is 51.4 Å². The second-order valence-corrected chi connectivity index (χ2v) is 10.6. The molecule has 0 saturated carbocycles. The van der Waals surface area contributed by atoms with Crippen molar-refractivity contribution in [3.05, 3.63) is 88.2 Å². The number of rotatable bonds is 11. The first-order valence-electron chi connectivity index (χ1n) is 11.9. The molecule has 40 heavy (non-hydrogen) atoms. The molecule has 0 aliphatic heterocycles. The highest BCUT2D eigenvalue weighted by Crippen LogP contribution is 2.22. The molecule has 0 aliphatic rings. The minimum Gasteiger partial charge on any atom is -0.496 e. The molecule has 0 bridgehead atoms. The second-order valence-electron chi connectivity index (χ2n) is 8.53. The highest BCUT2D eigenvalue weighted by atomic mass is 35.5. The van der Waals surface area contributed by atoms with Crippen LogP contribution in [0.3, 0.4) is 0 Å². The Morgan fingerprint density at radius 1 is 1.10 bits per heavy atom. The number of esters is 1. The summed E-state index contributed by atoms with van der Waals surface area (Å²) < 4.78 is 37.9. The largest absolute Gasteiger partial charge is 0.496 e. The summed E-state index contributed by atoms with van der Waals surface area (Å²) in [7, 11) is -2.79. The first kappa shape index (κ1) is 30.1. The number of nitrogens with one attached hydrogen (secondary N) is 2. The highest BCUT2D eigenvalue weighted by Gasteiger charge is 2.20. The van der Waals surface area contributed by atoms with Crippen LogP contribution in [0.2, 0.25) is 5.02 Å². The fourth-order valence-corrected chi connectivity index (χ4v) is 4.57. The van der Waals surface area contributed by atoms with Crippen LogP contribution in [0.15, 0.2) is 65.7 Å². The molecule has 1 heterocycles. The van der Waals surface area contributed by atoms with Gasteiger partial charge in [-0.1, -0.05) is 23.7 Å². The lowest BCUT2D eigenvalue weighted by molar-refractivity contribution is 0.0469. The van der Waals surface area contributed by atoms with Crippen LogP contribution in [0.1, 0.15) is 43.7 Å². The van der Waals surface area contributed by atoms with E-state index in [1.54, 1.807) is 25.1 Å². The second kappa shape index (κ2) is 13.6. The summed E-state index contributed by atoms with van der Waals surface area (Å²) in [6.45, 7) is 1.93. The third-order valence-corrected chi connectivity index (χ3v) is 7.09. The molecule has 0 fully saturated rings. The van der Waals surface area contributed by atoms with Crippen LogP contribution in [0, 0.1) is 18.3 Å². The van der Waals surface area contributed by atoms with Gasteiger partial charge < -0.3 is 14.8 Å². The van der Waals surface area contributed by atoms with Crippen LogP contribution in [0.25, 0.3) is 0 Å². The van der Waals surface area contributed by atoms with Gasteiger partial charge in [-0.25, -0.2) is 22.9 Å². The summed E-state index contributed by atoms with van der Waals surface area (Å²) in [5.74, 6) is 0.477. The number of halogens is 1. The lowest BCUT2D eigenvalue weighted by Crippen LogP contribution is -2.31. The van der Waals surface area contributed by atoms with Gasteiger partial charge in [0.2, 0.25) is 0 Å². The Morgan fingerprint density at radius 2 is 1.88 bits per heavy atom. The van der Waals surface area contributed by atoms with Gasteiger partial charge in [0.15, 0.2) is 0 Å². The van der Waals surface area contributed by atoms with E-state index in [4.69, 9.17) is 27.5 Å². The monoisotopic (exact) mass is 583 g/mol. The number of carbonyl (C=O) groups excluding carboxylic acids is 3. The minimum absolute atomic E-state index is 0.0135. The standard InChI is InChI=1S/C28H26ClN3O7S/c1-4-18(2)17-39-28(35)24-10-8-20(16-31-24)26(33)32-40(36,37)22-7-5-6-19(14-22)12-13-30-27(34)23-15-21(29)9-11-25(23)38-3/h1,5-11,14-16,18H,12-13,17H2,2-3H3,(H,30,34)(H,32,33). The van der Waals surface area contributed by atoms with Gasteiger partial charge in [-0.3, -0.25) is 9.59 Å². The summed E-state index contributed by atoms with van der Waals surface area (Å²) in [4.78, 5) is 40.9. The Morgan fingerprint density at radius 3 is 2.55 bits per heavy atom. The Hall–Kier alpha value is -4.40. The first-order chi connectivity index (χ1) is 19.0. The number of ether oxygens (including phenoxy) is 2. The zero-order valence-corrected chi connectivity index (χ0v) is 23.2. The summed E-state index contributed by atoms with van der Waals surface area (Å²) in [5.41, 5.74) is 0.744. The number of methoxy groups -OCH3 is 1. The molecule has 3 aromatic rings. The molecule has 0 aliphatic carbocycles. The van der Waals surface area contributed by atoms with Gasteiger partial charge in [0.1, 0.15) is 18.1 Å². The van der Waals surface area contributed by atoms with Gasteiger partial charge in [0.25, 0.3) is 21.8 Å². The van der Waals surface area contributed by atoms with Crippen molar-refractivity contribution >= 4 is 39.4 Å². The van der Waals surface area contributed by atoms with E-state index in [2.05, 4.69) is 16.2 Å². The number of nitrogens with zero attached hydrogens (tertiary/aromatic N) is 1. The molecule has 0 saturated heterocycles. The maximum Gasteiger partial charge on any atom is 0.356 e. The van der Waals surface area contributed by atoms with Crippen LogP contribution in [-0.2, 0) is 21.2 Å².